The van der Waals surface area contributed by atoms with Crippen molar-refractivity contribution in [3.05, 3.63) is 45.7 Å². The fourth-order valence-corrected chi connectivity index (χ4v) is 5.92. The molecule has 0 saturated carbocycles. The lowest BCUT2D eigenvalue weighted by Crippen LogP contribution is -2.48. The van der Waals surface area contributed by atoms with Crippen LogP contribution in [0.4, 0.5) is 5.95 Å². The topological polar surface area (TPSA) is 218 Å². The molecular formula is C34H49ClN8O8S. The zero-order chi connectivity index (χ0) is 37.4. The summed E-state index contributed by atoms with van der Waals surface area (Å²) in [7, 11) is 0. The van der Waals surface area contributed by atoms with E-state index in [1.807, 2.05) is 0 Å². The number of fused-ring (bicyclic) bond motifs is 1. The van der Waals surface area contributed by atoms with Gasteiger partial charge in [-0.1, -0.05) is 36.7 Å². The molecule has 0 spiro atoms. The molecule has 3 rings (SSSR count). The molecule has 0 unspecified atom stereocenters. The molecule has 0 saturated heterocycles. The van der Waals surface area contributed by atoms with Gasteiger partial charge in [-0.2, -0.15) is 10.2 Å². The fourth-order valence-electron chi connectivity index (χ4n) is 4.72. The monoisotopic (exact) mass is 764 g/mol. The highest BCUT2D eigenvalue weighted by atomic mass is 35.5. The molecule has 52 heavy (non-hydrogen) atoms. The van der Waals surface area contributed by atoms with Gasteiger partial charge in [-0.05, 0) is 30.5 Å². The number of benzene rings is 1. The molecule has 5 N–H and O–H groups in total. The zero-order valence-electron chi connectivity index (χ0n) is 29.5. The summed E-state index contributed by atoms with van der Waals surface area (Å²) in [6.07, 6.45) is 4.37. The summed E-state index contributed by atoms with van der Waals surface area (Å²) in [5, 5.41) is 15.0. The number of unbranched alkanes of at least 4 members (excludes halogenated alkanes) is 3. The van der Waals surface area contributed by atoms with Gasteiger partial charge in [0.05, 0.1) is 77.6 Å². The third-order valence-electron chi connectivity index (χ3n) is 7.29. The van der Waals surface area contributed by atoms with Crippen LogP contribution in [-0.2, 0) is 39.8 Å². The van der Waals surface area contributed by atoms with Crippen LogP contribution < -0.4 is 21.9 Å². The van der Waals surface area contributed by atoms with Crippen LogP contribution in [0.2, 0.25) is 0 Å². The minimum atomic E-state index is -0.898. The van der Waals surface area contributed by atoms with Gasteiger partial charge in [0, 0.05) is 31.7 Å². The van der Waals surface area contributed by atoms with Gasteiger partial charge in [0.25, 0.3) is 5.56 Å². The molecule has 18 heteroatoms. The number of rotatable bonds is 28. The van der Waals surface area contributed by atoms with E-state index >= 15 is 0 Å². The maximum absolute atomic E-state index is 13.0. The number of ether oxygens (including phenoxy) is 5. The van der Waals surface area contributed by atoms with E-state index in [0.29, 0.717) is 63.6 Å². The van der Waals surface area contributed by atoms with Gasteiger partial charge in [0.2, 0.25) is 17.8 Å². The van der Waals surface area contributed by atoms with Crippen LogP contribution >= 0.6 is 23.4 Å². The number of halogens is 1. The number of nitriles is 1. The number of H-pyrrole nitrogens is 1. The predicted octanol–water partition coefficient (Wildman–Crippen LogP) is 2.22. The maximum Gasteiger partial charge on any atom is 0.280 e. The summed E-state index contributed by atoms with van der Waals surface area (Å²) in [5.41, 5.74) is 7.00. The number of aromatic amines is 1. The molecule has 16 nitrogen and oxygen atoms in total. The maximum atomic E-state index is 13.0. The number of nitrogens with one attached hydrogen (secondary N) is 3. The minimum absolute atomic E-state index is 0.0665. The van der Waals surface area contributed by atoms with Crippen LogP contribution in [0, 0.1) is 11.3 Å². The first-order chi connectivity index (χ1) is 25.3. The van der Waals surface area contributed by atoms with Crippen molar-refractivity contribution in [2.45, 2.75) is 50.4 Å². The number of carbonyl (C=O) groups is 2. The molecule has 3 aromatic rings. The standard InChI is InChI=1S/C34H49ClN8O8S/c1-25(44)39-28(24-52-34-40-29-30(41-33(37)42-32(29)46)43(34)23-27-8-6-26(22-36)7-9-27)31(45)38-11-13-48-15-17-50-19-21-51-20-18-49-16-14-47-12-5-3-2-4-10-35/h6-9,28H,2-5,10-21,23-24H2,1H3,(H,38,45)(H,39,44)(H3,37,41,42,46)/t28-/m0/s1. The minimum Gasteiger partial charge on any atom is -0.379 e. The summed E-state index contributed by atoms with van der Waals surface area (Å²) in [6, 6.07) is 8.13. The van der Waals surface area contributed by atoms with Crippen LogP contribution in [0.25, 0.3) is 11.2 Å². The van der Waals surface area contributed by atoms with Crippen molar-refractivity contribution in [2.24, 2.45) is 0 Å². The number of alkyl halides is 1. The number of carbonyl (C=O) groups excluding carboxylic acids is 2. The number of hydrogen-bond acceptors (Lipinski definition) is 13. The van der Waals surface area contributed by atoms with Crippen LogP contribution in [0.1, 0.15) is 43.7 Å². The van der Waals surface area contributed by atoms with Crippen LogP contribution in [0.15, 0.2) is 34.2 Å². The van der Waals surface area contributed by atoms with Crippen LogP contribution in [0.3, 0.4) is 0 Å². The Morgan fingerprint density at radius 1 is 0.923 bits per heavy atom. The predicted molar refractivity (Wildman–Crippen MR) is 197 cm³/mol. The number of amides is 2. The van der Waals surface area contributed by atoms with Crippen LogP contribution in [0.5, 0.6) is 0 Å². The van der Waals surface area contributed by atoms with E-state index in [0.717, 1.165) is 43.7 Å². The second-order valence-electron chi connectivity index (χ2n) is 11.4. The molecule has 1 aromatic carbocycles. The summed E-state index contributed by atoms with van der Waals surface area (Å²) in [5.74, 6) is -0.0191. The summed E-state index contributed by atoms with van der Waals surface area (Å²) >= 11 is 6.84. The average Bonchev–Trinajstić information content (AvgIpc) is 3.47. The largest absolute Gasteiger partial charge is 0.379 e. The molecule has 286 valence electrons. The van der Waals surface area contributed by atoms with E-state index in [9.17, 15) is 14.4 Å². The van der Waals surface area contributed by atoms with Crippen molar-refractivity contribution in [1.82, 2.24) is 30.2 Å². The van der Waals surface area contributed by atoms with E-state index in [1.165, 1.54) is 18.7 Å². The highest BCUT2D eigenvalue weighted by Crippen LogP contribution is 2.24. The molecule has 1 atom stereocenters. The number of imidazole rings is 1. The second-order valence-corrected chi connectivity index (χ2v) is 12.8. The van der Waals surface area contributed by atoms with Gasteiger partial charge in [-0.25, -0.2) is 4.98 Å². The number of nitrogens with zero attached hydrogens (tertiary/aromatic N) is 4. The normalized spacial score (nSPS) is 11.8. The fraction of sp³-hybridized carbons (Fsp3) is 0.588. The van der Waals surface area contributed by atoms with E-state index < -0.39 is 17.5 Å². The Morgan fingerprint density at radius 3 is 2.12 bits per heavy atom. The number of anilines is 1. The second kappa shape index (κ2) is 25.3. The smallest absolute Gasteiger partial charge is 0.280 e. The molecule has 0 aliphatic heterocycles. The lowest BCUT2D eigenvalue weighted by molar-refractivity contribution is -0.127. The number of nitrogen functional groups attached to an aromatic ring is 1. The van der Waals surface area contributed by atoms with Crippen molar-refractivity contribution in [3.8, 4) is 6.07 Å². The van der Waals surface area contributed by atoms with Gasteiger partial charge in [-0.15, -0.1) is 11.6 Å². The van der Waals surface area contributed by atoms with Crippen molar-refractivity contribution >= 4 is 52.3 Å². The van der Waals surface area contributed by atoms with E-state index in [2.05, 4.69) is 31.7 Å². The number of aromatic nitrogens is 4. The first kappa shape index (κ1) is 42.7. The molecule has 0 aliphatic carbocycles. The molecule has 0 radical (unpaired) electrons. The molecule has 0 fully saturated rings. The average molecular weight is 765 g/mol. The lowest BCUT2D eigenvalue weighted by atomic mass is 10.1. The van der Waals surface area contributed by atoms with Gasteiger partial charge in [0.1, 0.15) is 6.04 Å². The molecule has 2 aromatic heterocycles. The Balaban J connectivity index is 1.32. The zero-order valence-corrected chi connectivity index (χ0v) is 31.1. The van der Waals surface area contributed by atoms with E-state index in [-0.39, 0.29) is 48.5 Å². The third-order valence-corrected chi connectivity index (χ3v) is 8.63. The Kier molecular flexibility index (Phi) is 20.7. The first-order valence-electron chi connectivity index (χ1n) is 17.2. The lowest BCUT2D eigenvalue weighted by Gasteiger charge is -2.17. The molecular weight excluding hydrogens is 716 g/mol. The first-order valence-corrected chi connectivity index (χ1v) is 18.7. The summed E-state index contributed by atoms with van der Waals surface area (Å²) in [4.78, 5) is 48.8. The Morgan fingerprint density at radius 2 is 1.52 bits per heavy atom. The van der Waals surface area contributed by atoms with Gasteiger partial charge in [-0.3, -0.25) is 23.9 Å². The van der Waals surface area contributed by atoms with Crippen molar-refractivity contribution in [3.63, 3.8) is 0 Å². The highest BCUT2D eigenvalue weighted by molar-refractivity contribution is 7.99. The van der Waals surface area contributed by atoms with Gasteiger partial charge in [0.15, 0.2) is 16.3 Å². The van der Waals surface area contributed by atoms with E-state index in [4.69, 9.17) is 46.3 Å². The summed E-state index contributed by atoms with van der Waals surface area (Å²) in [6.45, 7) is 6.44. The molecule has 0 bridgehead atoms. The van der Waals surface area contributed by atoms with Gasteiger partial charge < -0.3 is 40.1 Å². The van der Waals surface area contributed by atoms with Crippen molar-refractivity contribution < 1.29 is 33.3 Å². The number of thioether (sulfide) groups is 1. The van der Waals surface area contributed by atoms with Crippen molar-refractivity contribution in [1.29, 1.82) is 5.26 Å². The SMILES string of the molecule is CC(=O)N[C@@H](CSc1nc2c(=O)[nH]c(N)nc2n1Cc1ccc(C#N)cc1)C(=O)NCCOCCOCCOCCOCCOCCCCCCCl. The molecule has 2 amide bonds. The summed E-state index contributed by atoms with van der Waals surface area (Å²) < 4.78 is 29.3. The molecule has 2 heterocycles. The molecule has 0 aliphatic rings. The Hall–Kier alpha value is -3.76. The highest BCUT2D eigenvalue weighted by Gasteiger charge is 2.23. The Bertz CT molecular complexity index is 1600. The van der Waals surface area contributed by atoms with Crippen LogP contribution in [-0.4, -0.2) is 122 Å². The van der Waals surface area contributed by atoms with Gasteiger partial charge >= 0.3 is 0 Å². The quantitative estimate of drug-likeness (QED) is 0.0474. The number of hydrogen-bond donors (Lipinski definition) is 4. The Labute approximate surface area is 312 Å². The number of nitrogens with two attached hydrogens (primary N) is 1. The van der Waals surface area contributed by atoms with E-state index in [1.54, 1.807) is 28.8 Å². The third kappa shape index (κ3) is 16.3. The van der Waals surface area contributed by atoms with Crippen molar-refractivity contribution in [2.75, 3.05) is 90.0 Å².